The normalized spacial score (nSPS) is 14.1. The van der Waals surface area contributed by atoms with E-state index in [0.29, 0.717) is 20.7 Å². The van der Waals surface area contributed by atoms with Gasteiger partial charge < -0.3 is 10.6 Å². The summed E-state index contributed by atoms with van der Waals surface area (Å²) >= 11 is 6.88. The molecule has 1 heterocycles. The van der Waals surface area contributed by atoms with Crippen molar-refractivity contribution in [1.82, 2.24) is 4.98 Å². The average Bonchev–Trinajstić information content (AvgIpc) is 3.27. The van der Waals surface area contributed by atoms with Crippen molar-refractivity contribution < 1.29 is 14.4 Å². The van der Waals surface area contributed by atoms with E-state index in [1.807, 2.05) is 13.0 Å². The monoisotopic (exact) mass is 405 g/mol. The molecule has 27 heavy (non-hydrogen) atoms. The zero-order chi connectivity index (χ0) is 19.4. The summed E-state index contributed by atoms with van der Waals surface area (Å²) in [5, 5.41) is 5.57. The molecule has 0 spiro atoms. The number of nitrogens with one attached hydrogen (secondary N) is 2. The Bertz CT molecular complexity index is 875. The van der Waals surface area contributed by atoms with Gasteiger partial charge in [-0.1, -0.05) is 47.4 Å². The summed E-state index contributed by atoms with van der Waals surface area (Å²) in [5.74, 6) is -0.900. The van der Waals surface area contributed by atoms with E-state index in [4.69, 9.17) is 11.6 Å². The molecule has 1 saturated carbocycles. The maximum absolute atomic E-state index is 12.8. The van der Waals surface area contributed by atoms with Gasteiger partial charge in [0.15, 0.2) is 10.9 Å². The second kappa shape index (κ2) is 8.63. The minimum absolute atomic E-state index is 0.0143. The highest BCUT2D eigenvalue weighted by atomic mass is 35.5. The first-order valence-corrected chi connectivity index (χ1v) is 9.97. The van der Waals surface area contributed by atoms with Gasteiger partial charge in [-0.25, -0.2) is 4.98 Å². The van der Waals surface area contributed by atoms with E-state index in [1.165, 1.54) is 6.20 Å². The molecule has 3 rings (SSSR count). The molecule has 6 nitrogen and oxygen atoms in total. The van der Waals surface area contributed by atoms with Crippen LogP contribution in [-0.2, 0) is 9.59 Å². The van der Waals surface area contributed by atoms with Crippen LogP contribution < -0.4 is 10.6 Å². The van der Waals surface area contributed by atoms with Crippen LogP contribution in [0.1, 0.15) is 48.0 Å². The van der Waals surface area contributed by atoms with Crippen molar-refractivity contribution in [3.63, 3.8) is 0 Å². The second-order valence-corrected chi connectivity index (χ2v) is 8.30. The number of aromatic nitrogens is 1. The van der Waals surface area contributed by atoms with Crippen LogP contribution in [0.2, 0.25) is 4.34 Å². The molecule has 142 valence electrons. The molecule has 1 fully saturated rings. The van der Waals surface area contributed by atoms with E-state index in [9.17, 15) is 14.4 Å². The molecule has 0 radical (unpaired) electrons. The van der Waals surface area contributed by atoms with Gasteiger partial charge in [-0.2, -0.15) is 0 Å². The fourth-order valence-electron chi connectivity index (χ4n) is 3.19. The van der Waals surface area contributed by atoms with E-state index in [-0.39, 0.29) is 18.1 Å². The standard InChI is InChI=1S/C19H20ClN3O3S/c1-11-6-7-14(13(8-11)18(26)12-4-2-3-5-12)22-16(24)9-17(25)23-19-21-10-15(20)27-19/h6-8,10,12H,2-5,9H2,1H3,(H,22,24)(H,21,23,25). The van der Waals surface area contributed by atoms with Crippen LogP contribution in [0.4, 0.5) is 10.8 Å². The van der Waals surface area contributed by atoms with Crippen molar-refractivity contribution in [2.75, 3.05) is 10.6 Å². The first-order valence-electron chi connectivity index (χ1n) is 8.78. The highest BCUT2D eigenvalue weighted by molar-refractivity contribution is 7.19. The number of hydrogen-bond acceptors (Lipinski definition) is 5. The molecule has 0 saturated heterocycles. The summed E-state index contributed by atoms with van der Waals surface area (Å²) < 4.78 is 0.449. The van der Waals surface area contributed by atoms with Gasteiger partial charge in [-0.15, -0.1) is 0 Å². The largest absolute Gasteiger partial charge is 0.325 e. The number of anilines is 2. The maximum atomic E-state index is 12.8. The van der Waals surface area contributed by atoms with E-state index < -0.39 is 11.8 Å². The molecule has 1 aliphatic carbocycles. The second-order valence-electron chi connectivity index (χ2n) is 6.64. The van der Waals surface area contributed by atoms with Crippen LogP contribution in [0.3, 0.4) is 0 Å². The minimum Gasteiger partial charge on any atom is -0.325 e. The van der Waals surface area contributed by atoms with E-state index in [0.717, 1.165) is 42.6 Å². The highest BCUT2D eigenvalue weighted by Crippen LogP contribution is 2.31. The lowest BCUT2D eigenvalue weighted by molar-refractivity contribution is -0.123. The smallest absolute Gasteiger partial charge is 0.235 e. The Balaban J connectivity index is 1.66. The van der Waals surface area contributed by atoms with E-state index >= 15 is 0 Å². The number of carbonyl (C=O) groups excluding carboxylic acids is 3. The average molecular weight is 406 g/mol. The molecule has 2 aromatic rings. The van der Waals surface area contributed by atoms with E-state index in [1.54, 1.807) is 12.1 Å². The summed E-state index contributed by atoms with van der Waals surface area (Å²) in [7, 11) is 0. The summed E-state index contributed by atoms with van der Waals surface area (Å²) in [6, 6.07) is 5.35. The molecule has 1 aromatic heterocycles. The third kappa shape index (κ3) is 5.14. The molecular weight excluding hydrogens is 386 g/mol. The van der Waals surface area contributed by atoms with Gasteiger partial charge >= 0.3 is 0 Å². The summed E-state index contributed by atoms with van der Waals surface area (Å²) in [6.45, 7) is 1.91. The Labute approximate surface area is 166 Å². The Morgan fingerprint density at radius 1 is 1.19 bits per heavy atom. The van der Waals surface area contributed by atoms with Crippen molar-refractivity contribution in [2.24, 2.45) is 5.92 Å². The molecule has 2 N–H and O–H groups in total. The van der Waals surface area contributed by atoms with Crippen molar-refractivity contribution in [3.8, 4) is 0 Å². The molecule has 0 aliphatic heterocycles. The molecule has 8 heteroatoms. The predicted octanol–water partition coefficient (Wildman–Crippen LogP) is 4.45. The van der Waals surface area contributed by atoms with Crippen molar-refractivity contribution in [2.45, 2.75) is 39.0 Å². The minimum atomic E-state index is -0.491. The lowest BCUT2D eigenvalue weighted by Crippen LogP contribution is -2.23. The highest BCUT2D eigenvalue weighted by Gasteiger charge is 2.26. The first kappa shape index (κ1) is 19.5. The Kier molecular flexibility index (Phi) is 6.23. The van der Waals surface area contributed by atoms with Gasteiger partial charge in [0, 0.05) is 11.5 Å². The van der Waals surface area contributed by atoms with Crippen LogP contribution in [-0.4, -0.2) is 22.6 Å². The number of rotatable bonds is 6. The van der Waals surface area contributed by atoms with Crippen molar-refractivity contribution in [1.29, 1.82) is 0 Å². The Morgan fingerprint density at radius 3 is 2.56 bits per heavy atom. The number of thiazole rings is 1. The zero-order valence-electron chi connectivity index (χ0n) is 14.9. The quantitative estimate of drug-likeness (QED) is 0.549. The molecule has 0 bridgehead atoms. The zero-order valence-corrected chi connectivity index (χ0v) is 16.5. The predicted molar refractivity (Wildman–Crippen MR) is 106 cm³/mol. The number of carbonyl (C=O) groups is 3. The molecular formula is C19H20ClN3O3S. The first-order chi connectivity index (χ1) is 12.9. The van der Waals surface area contributed by atoms with Gasteiger partial charge in [0.1, 0.15) is 10.8 Å². The van der Waals surface area contributed by atoms with Crippen LogP contribution >= 0.6 is 22.9 Å². The summed E-state index contributed by atoms with van der Waals surface area (Å²) in [5.41, 5.74) is 1.92. The lowest BCUT2D eigenvalue weighted by atomic mass is 9.94. The number of nitrogens with zero attached hydrogens (tertiary/aromatic N) is 1. The van der Waals surface area contributed by atoms with Crippen molar-refractivity contribution in [3.05, 3.63) is 39.9 Å². The SMILES string of the molecule is Cc1ccc(NC(=O)CC(=O)Nc2ncc(Cl)s2)c(C(=O)C2CCCC2)c1. The number of Topliss-reactive ketones (excluding diaryl/α,β-unsaturated/α-hetero) is 1. The number of ketones is 1. The number of halogens is 1. The van der Waals surface area contributed by atoms with Gasteiger partial charge in [0.25, 0.3) is 0 Å². The fourth-order valence-corrected chi connectivity index (χ4v) is 4.02. The molecule has 1 aromatic carbocycles. The number of benzene rings is 1. The van der Waals surface area contributed by atoms with Gasteiger partial charge in [0.05, 0.1) is 11.9 Å². The van der Waals surface area contributed by atoms with E-state index in [2.05, 4.69) is 15.6 Å². The number of hydrogen-bond donors (Lipinski definition) is 2. The molecule has 2 amide bonds. The van der Waals surface area contributed by atoms with Crippen molar-refractivity contribution >= 4 is 51.4 Å². The van der Waals surface area contributed by atoms with Crippen LogP contribution in [0, 0.1) is 12.8 Å². The topological polar surface area (TPSA) is 88.2 Å². The Hall–Kier alpha value is -2.25. The Morgan fingerprint density at radius 2 is 1.89 bits per heavy atom. The molecule has 1 aliphatic rings. The van der Waals surface area contributed by atoms with Crippen LogP contribution in [0.5, 0.6) is 0 Å². The third-order valence-corrected chi connectivity index (χ3v) is 5.52. The number of aryl methyl sites for hydroxylation is 1. The number of amides is 2. The maximum Gasteiger partial charge on any atom is 0.235 e. The summed E-state index contributed by atoms with van der Waals surface area (Å²) in [6.07, 6.45) is 4.95. The van der Waals surface area contributed by atoms with Gasteiger partial charge in [-0.3, -0.25) is 14.4 Å². The van der Waals surface area contributed by atoms with Crippen LogP contribution in [0.15, 0.2) is 24.4 Å². The van der Waals surface area contributed by atoms with Gasteiger partial charge in [-0.05, 0) is 31.9 Å². The summed E-state index contributed by atoms with van der Waals surface area (Å²) in [4.78, 5) is 41.0. The molecule has 0 unspecified atom stereocenters. The third-order valence-electron chi connectivity index (χ3n) is 4.49. The fraction of sp³-hybridized carbons (Fsp3) is 0.368. The van der Waals surface area contributed by atoms with Gasteiger partial charge in [0.2, 0.25) is 11.8 Å². The van der Waals surface area contributed by atoms with Crippen LogP contribution in [0.25, 0.3) is 0 Å². The molecule has 0 atom stereocenters. The lowest BCUT2D eigenvalue weighted by Gasteiger charge is -2.14.